The largest absolute Gasteiger partial charge is 0.312 e. The van der Waals surface area contributed by atoms with Crippen LogP contribution >= 0.6 is 0 Å². The molecule has 0 bridgehead atoms. The Labute approximate surface area is 87.1 Å². The Kier molecular flexibility index (Phi) is 4.92. The lowest BCUT2D eigenvalue weighted by Crippen LogP contribution is -2.41. The molecule has 0 saturated carbocycles. The zero-order valence-corrected chi connectivity index (χ0v) is 9.29. The van der Waals surface area contributed by atoms with Crippen LogP contribution in [0.1, 0.15) is 33.1 Å². The molecule has 1 heterocycles. The van der Waals surface area contributed by atoms with Crippen molar-refractivity contribution in [1.82, 2.24) is 10.2 Å². The lowest BCUT2D eigenvalue weighted by molar-refractivity contribution is 0.247. The van der Waals surface area contributed by atoms with Gasteiger partial charge in [-0.05, 0) is 39.8 Å². The van der Waals surface area contributed by atoms with Gasteiger partial charge in [0.2, 0.25) is 0 Å². The Bertz CT molecular complexity index is 191. The van der Waals surface area contributed by atoms with E-state index in [0.717, 1.165) is 6.54 Å². The van der Waals surface area contributed by atoms with Crippen LogP contribution in [0, 0.1) is 11.3 Å². The summed E-state index contributed by atoms with van der Waals surface area (Å²) < 4.78 is 0. The average molecular weight is 195 g/mol. The molecule has 0 aliphatic carbocycles. The molecule has 2 unspecified atom stereocenters. The monoisotopic (exact) mass is 195 g/mol. The Hall–Kier alpha value is -0.590. The van der Waals surface area contributed by atoms with Crippen molar-refractivity contribution in [3.8, 4) is 6.07 Å². The van der Waals surface area contributed by atoms with Gasteiger partial charge in [-0.1, -0.05) is 0 Å². The molecule has 3 heteroatoms. The third-order valence-electron chi connectivity index (χ3n) is 2.92. The smallest absolute Gasteiger partial charge is 0.0638 e. The van der Waals surface area contributed by atoms with Gasteiger partial charge in [-0.3, -0.25) is 4.90 Å². The maximum atomic E-state index is 8.51. The van der Waals surface area contributed by atoms with Gasteiger partial charge in [-0.25, -0.2) is 0 Å². The van der Waals surface area contributed by atoms with Gasteiger partial charge < -0.3 is 5.32 Å². The van der Waals surface area contributed by atoms with Crippen molar-refractivity contribution >= 4 is 0 Å². The van der Waals surface area contributed by atoms with Crippen LogP contribution in [-0.2, 0) is 0 Å². The summed E-state index contributed by atoms with van der Waals surface area (Å²) in [5, 5.41) is 11.9. The second-order valence-electron chi connectivity index (χ2n) is 4.26. The second kappa shape index (κ2) is 6.00. The summed E-state index contributed by atoms with van der Waals surface area (Å²) >= 11 is 0. The predicted molar refractivity (Wildman–Crippen MR) is 58.0 cm³/mol. The molecule has 1 aliphatic rings. The number of nitriles is 1. The molecule has 1 fully saturated rings. The van der Waals surface area contributed by atoms with Crippen LogP contribution in [0.5, 0.6) is 0 Å². The minimum Gasteiger partial charge on any atom is -0.312 e. The molecular formula is C11H21N3. The highest BCUT2D eigenvalue weighted by molar-refractivity contribution is 4.80. The van der Waals surface area contributed by atoms with Crippen molar-refractivity contribution in [1.29, 1.82) is 5.26 Å². The van der Waals surface area contributed by atoms with Crippen LogP contribution in [0.2, 0.25) is 0 Å². The first kappa shape index (κ1) is 11.5. The first-order valence-electron chi connectivity index (χ1n) is 5.58. The van der Waals surface area contributed by atoms with E-state index in [1.807, 2.05) is 0 Å². The molecule has 14 heavy (non-hydrogen) atoms. The van der Waals surface area contributed by atoms with E-state index in [1.54, 1.807) is 0 Å². The summed E-state index contributed by atoms with van der Waals surface area (Å²) in [5.41, 5.74) is 0. The third-order valence-corrected chi connectivity index (χ3v) is 2.92. The predicted octanol–water partition coefficient (Wildman–Crippen LogP) is 1.36. The van der Waals surface area contributed by atoms with Crippen LogP contribution in [0.4, 0.5) is 0 Å². The summed E-state index contributed by atoms with van der Waals surface area (Å²) in [6.07, 6.45) is 3.29. The molecule has 3 nitrogen and oxygen atoms in total. The normalized spacial score (nSPS) is 21.8. The number of hydrogen-bond acceptors (Lipinski definition) is 3. The highest BCUT2D eigenvalue weighted by Crippen LogP contribution is 2.10. The molecule has 0 aromatic heterocycles. The minimum absolute atomic E-state index is 0.324. The maximum Gasteiger partial charge on any atom is 0.0638 e. The molecule has 2 atom stereocenters. The number of nitrogens with zero attached hydrogens (tertiary/aromatic N) is 2. The summed E-state index contributed by atoms with van der Waals surface area (Å²) in [6, 6.07) is 3.12. The molecule has 1 N–H and O–H groups in total. The number of rotatable bonds is 5. The van der Waals surface area contributed by atoms with Crippen molar-refractivity contribution in [2.75, 3.05) is 19.6 Å². The van der Waals surface area contributed by atoms with Gasteiger partial charge >= 0.3 is 0 Å². The lowest BCUT2D eigenvalue weighted by Gasteiger charge is -2.25. The second-order valence-corrected chi connectivity index (χ2v) is 4.26. The van der Waals surface area contributed by atoms with Crippen molar-refractivity contribution < 1.29 is 0 Å². The van der Waals surface area contributed by atoms with E-state index in [0.29, 0.717) is 18.5 Å². The van der Waals surface area contributed by atoms with Crippen molar-refractivity contribution in [3.05, 3.63) is 0 Å². The number of likely N-dealkylation sites (tertiary alicyclic amines) is 1. The Morgan fingerprint density at radius 1 is 1.36 bits per heavy atom. The van der Waals surface area contributed by atoms with Crippen LogP contribution in [0.15, 0.2) is 0 Å². The van der Waals surface area contributed by atoms with Gasteiger partial charge in [0.25, 0.3) is 0 Å². The SMILES string of the molecule is CC(CC#N)NCC(C)N1CCCC1. The van der Waals surface area contributed by atoms with Crippen LogP contribution < -0.4 is 5.32 Å². The maximum absolute atomic E-state index is 8.51. The molecule has 1 aliphatic heterocycles. The van der Waals surface area contributed by atoms with E-state index in [2.05, 4.69) is 30.1 Å². The van der Waals surface area contributed by atoms with E-state index >= 15 is 0 Å². The molecule has 0 spiro atoms. The number of hydrogen-bond donors (Lipinski definition) is 1. The number of nitrogens with one attached hydrogen (secondary N) is 1. The van der Waals surface area contributed by atoms with Gasteiger partial charge in [0.05, 0.1) is 12.5 Å². The summed E-state index contributed by atoms with van der Waals surface area (Å²) in [5.74, 6) is 0. The zero-order chi connectivity index (χ0) is 10.4. The molecule has 0 aromatic carbocycles. The minimum atomic E-state index is 0.324. The van der Waals surface area contributed by atoms with Gasteiger partial charge in [-0.2, -0.15) is 5.26 Å². The van der Waals surface area contributed by atoms with Crippen molar-refractivity contribution in [2.45, 2.75) is 45.2 Å². The average Bonchev–Trinajstić information content (AvgIpc) is 2.67. The van der Waals surface area contributed by atoms with E-state index < -0.39 is 0 Å². The van der Waals surface area contributed by atoms with Gasteiger partial charge in [0, 0.05) is 18.6 Å². The quantitative estimate of drug-likeness (QED) is 0.720. The molecule has 0 radical (unpaired) electrons. The Balaban J connectivity index is 2.14. The van der Waals surface area contributed by atoms with E-state index in [4.69, 9.17) is 5.26 Å². The fraction of sp³-hybridized carbons (Fsp3) is 0.909. The standard InChI is InChI=1S/C11H21N3/c1-10(5-6-12)13-9-11(2)14-7-3-4-8-14/h10-11,13H,3-5,7-9H2,1-2H3. The van der Waals surface area contributed by atoms with Crippen LogP contribution in [0.3, 0.4) is 0 Å². The van der Waals surface area contributed by atoms with Crippen molar-refractivity contribution in [3.63, 3.8) is 0 Å². The van der Waals surface area contributed by atoms with Gasteiger partial charge in [0.1, 0.15) is 0 Å². The lowest BCUT2D eigenvalue weighted by atomic mass is 10.2. The van der Waals surface area contributed by atoms with Gasteiger partial charge in [-0.15, -0.1) is 0 Å². The van der Waals surface area contributed by atoms with E-state index in [9.17, 15) is 0 Å². The van der Waals surface area contributed by atoms with Crippen LogP contribution in [-0.4, -0.2) is 36.6 Å². The Morgan fingerprint density at radius 2 is 2.00 bits per heavy atom. The molecule has 1 saturated heterocycles. The van der Waals surface area contributed by atoms with Crippen molar-refractivity contribution in [2.24, 2.45) is 0 Å². The highest BCUT2D eigenvalue weighted by atomic mass is 15.2. The zero-order valence-electron chi connectivity index (χ0n) is 9.29. The van der Waals surface area contributed by atoms with Crippen LogP contribution in [0.25, 0.3) is 0 Å². The molecule has 0 amide bonds. The Morgan fingerprint density at radius 3 is 2.57 bits per heavy atom. The summed E-state index contributed by atoms with van der Waals surface area (Å²) in [7, 11) is 0. The van der Waals surface area contributed by atoms with Gasteiger partial charge in [0.15, 0.2) is 0 Å². The topological polar surface area (TPSA) is 39.1 Å². The summed E-state index contributed by atoms with van der Waals surface area (Å²) in [6.45, 7) is 7.82. The third kappa shape index (κ3) is 3.65. The first-order valence-corrected chi connectivity index (χ1v) is 5.58. The molecule has 80 valence electrons. The van der Waals surface area contributed by atoms with E-state index in [-0.39, 0.29) is 0 Å². The van der Waals surface area contributed by atoms with E-state index in [1.165, 1.54) is 25.9 Å². The highest BCUT2D eigenvalue weighted by Gasteiger charge is 2.17. The fourth-order valence-electron chi connectivity index (χ4n) is 1.89. The molecular weight excluding hydrogens is 174 g/mol. The molecule has 0 aromatic rings. The summed E-state index contributed by atoms with van der Waals surface area (Å²) in [4.78, 5) is 2.52. The fourth-order valence-corrected chi connectivity index (χ4v) is 1.89. The first-order chi connectivity index (χ1) is 6.74. The molecule has 1 rings (SSSR count).